The summed E-state index contributed by atoms with van der Waals surface area (Å²) in [7, 11) is 0. The fourth-order valence-corrected chi connectivity index (χ4v) is 2.67. The Morgan fingerprint density at radius 3 is 2.82 bits per heavy atom. The molecule has 0 aromatic carbocycles. The molecule has 98 valence electrons. The van der Waals surface area contributed by atoms with Gasteiger partial charge in [-0.25, -0.2) is 0 Å². The molecule has 1 rings (SSSR count). The van der Waals surface area contributed by atoms with Gasteiger partial charge in [-0.3, -0.25) is 9.69 Å². The highest BCUT2D eigenvalue weighted by Crippen LogP contribution is 2.15. The highest BCUT2D eigenvalue weighted by Gasteiger charge is 2.25. The third-order valence-corrected chi connectivity index (χ3v) is 3.77. The summed E-state index contributed by atoms with van der Waals surface area (Å²) in [5.41, 5.74) is 5.55. The van der Waals surface area contributed by atoms with Crippen LogP contribution in [0.15, 0.2) is 0 Å². The van der Waals surface area contributed by atoms with Gasteiger partial charge in [-0.1, -0.05) is 26.1 Å². The van der Waals surface area contributed by atoms with Gasteiger partial charge in [0.15, 0.2) is 0 Å². The number of hydrogen-bond donors (Lipinski definition) is 2. The van der Waals surface area contributed by atoms with Crippen LogP contribution in [0.2, 0.25) is 0 Å². The van der Waals surface area contributed by atoms with Crippen LogP contribution in [0.25, 0.3) is 0 Å². The molecule has 1 saturated heterocycles. The predicted molar refractivity (Wildman–Crippen MR) is 73.8 cm³/mol. The summed E-state index contributed by atoms with van der Waals surface area (Å²) in [5, 5.41) is 2.97. The summed E-state index contributed by atoms with van der Waals surface area (Å²) in [6.45, 7) is 6.99. The Bertz CT molecular complexity index is 283. The van der Waals surface area contributed by atoms with Crippen molar-refractivity contribution in [3.63, 3.8) is 0 Å². The second-order valence-corrected chi connectivity index (χ2v) is 5.00. The van der Waals surface area contributed by atoms with Gasteiger partial charge < -0.3 is 11.1 Å². The van der Waals surface area contributed by atoms with E-state index in [1.807, 2.05) is 6.92 Å². The predicted octanol–water partition coefficient (Wildman–Crippen LogP) is 0.899. The first-order valence-corrected chi connectivity index (χ1v) is 6.82. The molecule has 0 aromatic rings. The van der Waals surface area contributed by atoms with E-state index in [9.17, 15) is 4.79 Å². The molecule has 3 N–H and O–H groups in total. The zero-order chi connectivity index (χ0) is 12.8. The van der Waals surface area contributed by atoms with Gasteiger partial charge in [0, 0.05) is 12.6 Å². The van der Waals surface area contributed by atoms with Crippen molar-refractivity contribution < 1.29 is 4.79 Å². The summed E-state index contributed by atoms with van der Waals surface area (Å²) in [6, 6.07) is 0.479. The lowest BCUT2D eigenvalue weighted by Gasteiger charge is -2.24. The van der Waals surface area contributed by atoms with Crippen molar-refractivity contribution in [3.05, 3.63) is 0 Å². The third-order valence-electron chi connectivity index (χ3n) is 3.49. The van der Waals surface area contributed by atoms with E-state index in [1.54, 1.807) is 0 Å². The quantitative estimate of drug-likeness (QED) is 0.694. The SMILES string of the molecule is CCC(C(=O)NCC1CCCN1CC)C(N)=S. The van der Waals surface area contributed by atoms with Crippen LogP contribution in [0, 0.1) is 5.92 Å². The number of rotatable bonds is 6. The van der Waals surface area contributed by atoms with Crippen LogP contribution in [0.1, 0.15) is 33.1 Å². The molecule has 0 aliphatic carbocycles. The van der Waals surface area contributed by atoms with Crippen molar-refractivity contribution >= 4 is 23.1 Å². The Kier molecular flexibility index (Phi) is 5.85. The first kappa shape index (κ1) is 14.4. The molecule has 1 aliphatic rings. The summed E-state index contributed by atoms with van der Waals surface area (Å²) < 4.78 is 0. The van der Waals surface area contributed by atoms with Crippen LogP contribution >= 0.6 is 12.2 Å². The zero-order valence-corrected chi connectivity index (χ0v) is 11.6. The van der Waals surface area contributed by atoms with E-state index < -0.39 is 0 Å². The normalized spacial score (nSPS) is 22.4. The van der Waals surface area contributed by atoms with Crippen molar-refractivity contribution in [1.82, 2.24) is 10.2 Å². The average molecular weight is 257 g/mol. The van der Waals surface area contributed by atoms with Crippen LogP contribution in [0.4, 0.5) is 0 Å². The van der Waals surface area contributed by atoms with E-state index >= 15 is 0 Å². The first-order chi connectivity index (χ1) is 8.10. The van der Waals surface area contributed by atoms with E-state index in [4.69, 9.17) is 18.0 Å². The number of thiocarbonyl (C=S) groups is 1. The highest BCUT2D eigenvalue weighted by atomic mass is 32.1. The Morgan fingerprint density at radius 2 is 2.29 bits per heavy atom. The topological polar surface area (TPSA) is 58.4 Å². The maximum Gasteiger partial charge on any atom is 0.229 e. The van der Waals surface area contributed by atoms with Crippen molar-refractivity contribution in [2.24, 2.45) is 11.7 Å². The van der Waals surface area contributed by atoms with E-state index in [0.717, 1.165) is 19.5 Å². The van der Waals surface area contributed by atoms with Gasteiger partial charge >= 0.3 is 0 Å². The monoisotopic (exact) mass is 257 g/mol. The molecule has 0 bridgehead atoms. The summed E-state index contributed by atoms with van der Waals surface area (Å²) >= 11 is 4.89. The molecule has 5 heteroatoms. The first-order valence-electron chi connectivity index (χ1n) is 6.41. The number of nitrogens with two attached hydrogens (primary N) is 1. The van der Waals surface area contributed by atoms with Gasteiger partial charge in [-0.05, 0) is 32.4 Å². The van der Waals surface area contributed by atoms with E-state index in [2.05, 4.69) is 17.1 Å². The van der Waals surface area contributed by atoms with E-state index in [1.165, 1.54) is 6.42 Å². The van der Waals surface area contributed by atoms with Gasteiger partial charge in [-0.2, -0.15) is 0 Å². The van der Waals surface area contributed by atoms with Gasteiger partial charge in [0.05, 0.1) is 10.9 Å². The van der Waals surface area contributed by atoms with Crippen LogP contribution in [0.5, 0.6) is 0 Å². The smallest absolute Gasteiger partial charge is 0.229 e. The molecular formula is C12H23N3OS. The van der Waals surface area contributed by atoms with Gasteiger partial charge in [0.2, 0.25) is 5.91 Å². The number of amides is 1. The number of likely N-dealkylation sites (N-methyl/N-ethyl adjacent to an activating group) is 1. The maximum atomic E-state index is 11.9. The second kappa shape index (κ2) is 6.91. The van der Waals surface area contributed by atoms with Gasteiger partial charge in [-0.15, -0.1) is 0 Å². The molecule has 2 unspecified atom stereocenters. The molecule has 1 heterocycles. The molecule has 1 aliphatic heterocycles. The lowest BCUT2D eigenvalue weighted by molar-refractivity contribution is -0.123. The fraction of sp³-hybridized carbons (Fsp3) is 0.833. The molecule has 1 fully saturated rings. The lowest BCUT2D eigenvalue weighted by atomic mass is 10.1. The molecule has 17 heavy (non-hydrogen) atoms. The van der Waals surface area contributed by atoms with Crippen LogP contribution < -0.4 is 11.1 Å². The minimum atomic E-state index is -0.318. The van der Waals surface area contributed by atoms with Crippen molar-refractivity contribution in [3.8, 4) is 0 Å². The molecule has 1 amide bonds. The molecule has 0 spiro atoms. The standard InChI is InChI=1S/C12H23N3OS/c1-3-10(11(13)17)12(16)14-8-9-6-5-7-15(9)4-2/h9-10H,3-8H2,1-2H3,(H2,13,17)(H,14,16). The van der Waals surface area contributed by atoms with E-state index in [0.29, 0.717) is 24.0 Å². The molecule has 2 atom stereocenters. The Hall–Kier alpha value is -0.680. The average Bonchev–Trinajstić information content (AvgIpc) is 2.74. The van der Waals surface area contributed by atoms with Gasteiger partial charge in [0.25, 0.3) is 0 Å². The Morgan fingerprint density at radius 1 is 1.59 bits per heavy atom. The fourth-order valence-electron chi connectivity index (χ4n) is 2.40. The van der Waals surface area contributed by atoms with Crippen LogP contribution in [-0.4, -0.2) is 41.5 Å². The maximum absolute atomic E-state index is 11.9. The minimum Gasteiger partial charge on any atom is -0.393 e. The lowest BCUT2D eigenvalue weighted by Crippen LogP contribution is -2.44. The number of carbonyl (C=O) groups is 1. The number of nitrogens with one attached hydrogen (secondary N) is 1. The minimum absolute atomic E-state index is 0.0250. The highest BCUT2D eigenvalue weighted by molar-refractivity contribution is 7.80. The second-order valence-electron chi connectivity index (χ2n) is 4.53. The summed E-state index contributed by atoms with van der Waals surface area (Å²) in [5.74, 6) is -0.343. The Balaban J connectivity index is 2.39. The number of likely N-dealkylation sites (tertiary alicyclic amines) is 1. The summed E-state index contributed by atoms with van der Waals surface area (Å²) in [6.07, 6.45) is 3.06. The van der Waals surface area contributed by atoms with E-state index in [-0.39, 0.29) is 11.8 Å². The third kappa shape index (κ3) is 3.92. The zero-order valence-electron chi connectivity index (χ0n) is 10.7. The van der Waals surface area contributed by atoms with Crippen molar-refractivity contribution in [2.45, 2.75) is 39.2 Å². The largest absolute Gasteiger partial charge is 0.393 e. The summed E-state index contributed by atoms with van der Waals surface area (Å²) in [4.78, 5) is 14.6. The van der Waals surface area contributed by atoms with Crippen molar-refractivity contribution in [2.75, 3.05) is 19.6 Å². The molecule has 0 radical (unpaired) electrons. The molecule has 0 aromatic heterocycles. The molecule has 0 saturated carbocycles. The Labute approximate surface area is 109 Å². The number of nitrogens with zero attached hydrogens (tertiary/aromatic N) is 1. The van der Waals surface area contributed by atoms with Crippen LogP contribution in [0.3, 0.4) is 0 Å². The van der Waals surface area contributed by atoms with Gasteiger partial charge in [0.1, 0.15) is 0 Å². The molecule has 4 nitrogen and oxygen atoms in total. The molecular weight excluding hydrogens is 234 g/mol. The van der Waals surface area contributed by atoms with Crippen molar-refractivity contribution in [1.29, 1.82) is 0 Å². The number of hydrogen-bond acceptors (Lipinski definition) is 3. The number of carbonyl (C=O) groups excluding carboxylic acids is 1. The van der Waals surface area contributed by atoms with Crippen LogP contribution in [-0.2, 0) is 4.79 Å².